The number of ether oxygens (including phenoxy) is 1. The fourth-order valence-electron chi connectivity index (χ4n) is 2.76. The largest absolute Gasteiger partial charge is 0.462 e. The smallest absolute Gasteiger partial charge is 0.338 e. The Kier molecular flexibility index (Phi) is 7.12. The summed E-state index contributed by atoms with van der Waals surface area (Å²) in [5.41, 5.74) is 1.90. The van der Waals surface area contributed by atoms with Crippen LogP contribution in [0.15, 0.2) is 65.5 Å². The summed E-state index contributed by atoms with van der Waals surface area (Å²) < 4.78 is 5.82. The summed E-state index contributed by atoms with van der Waals surface area (Å²) in [5.74, 6) is -1.47. The minimum atomic E-state index is -0.523. The van der Waals surface area contributed by atoms with Crippen LogP contribution in [-0.2, 0) is 16.1 Å². The van der Waals surface area contributed by atoms with Gasteiger partial charge < -0.3 is 15.4 Å². The number of nitrogens with one attached hydrogen (secondary N) is 2. The molecule has 2 amide bonds. The molecule has 0 unspecified atom stereocenters. The molecule has 0 radical (unpaired) electrons. The first-order chi connectivity index (χ1) is 15.4. The average molecular weight is 434 g/mol. The van der Waals surface area contributed by atoms with Crippen molar-refractivity contribution in [3.8, 4) is 0 Å². The molecule has 32 heavy (non-hydrogen) atoms. The van der Waals surface area contributed by atoms with Crippen LogP contribution in [-0.4, -0.2) is 34.2 Å². The first-order valence-corrected chi connectivity index (χ1v) is 9.89. The molecule has 0 atom stereocenters. The quantitative estimate of drug-likeness (QED) is 0.552. The SMILES string of the molecule is CCOC(=O)c1ccc(NC(=O)Cn2nc(C(=O)Nc3ccc(C)cc3)ccc2=O)cc1. The number of carbonyl (C=O) groups excluding carboxylic acids is 3. The Bertz CT molecular complexity index is 1180. The Hall–Kier alpha value is -4.27. The molecule has 164 valence electrons. The monoisotopic (exact) mass is 434 g/mol. The average Bonchev–Trinajstić information content (AvgIpc) is 2.77. The predicted molar refractivity (Wildman–Crippen MR) is 119 cm³/mol. The van der Waals surface area contributed by atoms with Crippen molar-refractivity contribution in [2.75, 3.05) is 17.2 Å². The van der Waals surface area contributed by atoms with Crippen molar-refractivity contribution in [3.63, 3.8) is 0 Å². The lowest BCUT2D eigenvalue weighted by atomic mass is 10.2. The summed E-state index contributed by atoms with van der Waals surface area (Å²) in [6.07, 6.45) is 0. The minimum Gasteiger partial charge on any atom is -0.462 e. The summed E-state index contributed by atoms with van der Waals surface area (Å²) in [6, 6.07) is 15.8. The third-order valence-electron chi connectivity index (χ3n) is 4.38. The highest BCUT2D eigenvalue weighted by atomic mass is 16.5. The van der Waals surface area contributed by atoms with Gasteiger partial charge in [0.25, 0.3) is 11.5 Å². The number of aromatic nitrogens is 2. The van der Waals surface area contributed by atoms with Crippen LogP contribution in [0, 0.1) is 6.92 Å². The highest BCUT2D eigenvalue weighted by Crippen LogP contribution is 2.11. The van der Waals surface area contributed by atoms with Gasteiger partial charge in [0.2, 0.25) is 5.91 Å². The van der Waals surface area contributed by atoms with E-state index in [-0.39, 0.29) is 18.8 Å². The Morgan fingerprint density at radius 1 is 0.906 bits per heavy atom. The number of nitrogens with zero attached hydrogens (tertiary/aromatic N) is 2. The normalized spacial score (nSPS) is 10.3. The van der Waals surface area contributed by atoms with Crippen molar-refractivity contribution in [1.29, 1.82) is 0 Å². The number of anilines is 2. The van der Waals surface area contributed by atoms with Gasteiger partial charge in [-0.15, -0.1) is 0 Å². The van der Waals surface area contributed by atoms with Crippen LogP contribution < -0.4 is 16.2 Å². The van der Waals surface area contributed by atoms with Gasteiger partial charge in [0.15, 0.2) is 0 Å². The van der Waals surface area contributed by atoms with E-state index >= 15 is 0 Å². The van der Waals surface area contributed by atoms with E-state index < -0.39 is 23.3 Å². The number of esters is 1. The van der Waals surface area contributed by atoms with Gasteiger partial charge in [0.1, 0.15) is 12.2 Å². The van der Waals surface area contributed by atoms with Gasteiger partial charge in [0.05, 0.1) is 12.2 Å². The standard InChI is InChI=1S/C23H22N4O5/c1-3-32-23(31)16-6-10-17(11-7-16)24-20(28)14-27-21(29)13-12-19(26-27)22(30)25-18-8-4-15(2)5-9-18/h4-13H,3,14H2,1-2H3,(H,24,28)(H,25,30). The number of amides is 2. The summed E-state index contributed by atoms with van der Waals surface area (Å²) in [4.78, 5) is 48.6. The van der Waals surface area contributed by atoms with Gasteiger partial charge in [-0.1, -0.05) is 17.7 Å². The highest BCUT2D eigenvalue weighted by Gasteiger charge is 2.13. The molecule has 0 aliphatic heterocycles. The zero-order chi connectivity index (χ0) is 23.1. The van der Waals surface area contributed by atoms with Crippen molar-refractivity contribution in [2.24, 2.45) is 0 Å². The number of hydrogen-bond acceptors (Lipinski definition) is 6. The molecule has 1 aromatic heterocycles. The van der Waals surface area contributed by atoms with E-state index in [0.29, 0.717) is 16.9 Å². The second kappa shape index (κ2) is 10.2. The zero-order valence-electron chi connectivity index (χ0n) is 17.6. The molecule has 9 heteroatoms. The molecule has 3 aromatic rings. The van der Waals surface area contributed by atoms with Crippen LogP contribution in [0.3, 0.4) is 0 Å². The third-order valence-corrected chi connectivity index (χ3v) is 4.38. The van der Waals surface area contributed by atoms with Crippen LogP contribution in [0.4, 0.5) is 11.4 Å². The van der Waals surface area contributed by atoms with E-state index in [0.717, 1.165) is 10.2 Å². The first-order valence-electron chi connectivity index (χ1n) is 9.89. The van der Waals surface area contributed by atoms with Crippen LogP contribution in [0.5, 0.6) is 0 Å². The van der Waals surface area contributed by atoms with Gasteiger partial charge in [-0.2, -0.15) is 5.10 Å². The molecule has 0 aliphatic rings. The maximum atomic E-state index is 12.4. The highest BCUT2D eigenvalue weighted by molar-refractivity contribution is 6.02. The molecule has 0 bridgehead atoms. The molecular weight excluding hydrogens is 412 g/mol. The van der Waals surface area contributed by atoms with E-state index in [4.69, 9.17) is 4.74 Å². The maximum Gasteiger partial charge on any atom is 0.338 e. The summed E-state index contributed by atoms with van der Waals surface area (Å²) in [7, 11) is 0. The third kappa shape index (κ3) is 5.88. The number of aryl methyl sites for hydroxylation is 1. The summed E-state index contributed by atoms with van der Waals surface area (Å²) in [5, 5.41) is 9.31. The number of carbonyl (C=O) groups is 3. The van der Waals surface area contributed by atoms with Gasteiger partial charge >= 0.3 is 5.97 Å². The van der Waals surface area contributed by atoms with E-state index in [9.17, 15) is 19.2 Å². The Morgan fingerprint density at radius 2 is 1.53 bits per heavy atom. The van der Waals surface area contributed by atoms with E-state index in [1.165, 1.54) is 24.3 Å². The second-order valence-corrected chi connectivity index (χ2v) is 6.88. The zero-order valence-corrected chi connectivity index (χ0v) is 17.6. The van der Waals surface area contributed by atoms with E-state index in [1.54, 1.807) is 31.2 Å². The molecular formula is C23H22N4O5. The molecule has 1 heterocycles. The van der Waals surface area contributed by atoms with Crippen LogP contribution in [0.25, 0.3) is 0 Å². The van der Waals surface area contributed by atoms with Crippen molar-refractivity contribution in [3.05, 3.63) is 87.8 Å². The maximum absolute atomic E-state index is 12.4. The van der Waals surface area contributed by atoms with Crippen molar-refractivity contribution < 1.29 is 19.1 Å². The fourth-order valence-corrected chi connectivity index (χ4v) is 2.76. The number of hydrogen-bond donors (Lipinski definition) is 2. The lowest BCUT2D eigenvalue weighted by Gasteiger charge is -2.09. The van der Waals surface area contributed by atoms with Gasteiger partial charge in [-0.3, -0.25) is 14.4 Å². The fraction of sp³-hybridized carbons (Fsp3) is 0.174. The molecule has 0 fully saturated rings. The van der Waals surface area contributed by atoms with Crippen molar-refractivity contribution in [2.45, 2.75) is 20.4 Å². The van der Waals surface area contributed by atoms with Gasteiger partial charge in [0, 0.05) is 17.4 Å². The summed E-state index contributed by atoms with van der Waals surface area (Å²) in [6.45, 7) is 3.53. The van der Waals surface area contributed by atoms with Crippen LogP contribution >= 0.6 is 0 Å². The lowest BCUT2D eigenvalue weighted by Crippen LogP contribution is -2.31. The Morgan fingerprint density at radius 3 is 2.19 bits per heavy atom. The number of rotatable bonds is 7. The Balaban J connectivity index is 1.65. The molecule has 2 N–H and O–H groups in total. The minimum absolute atomic E-state index is 0.00300. The van der Waals surface area contributed by atoms with E-state index in [2.05, 4.69) is 15.7 Å². The molecule has 0 spiro atoms. The second-order valence-electron chi connectivity index (χ2n) is 6.88. The van der Waals surface area contributed by atoms with Gasteiger partial charge in [-0.05, 0) is 56.3 Å². The first kappa shape index (κ1) is 22.4. The molecule has 9 nitrogen and oxygen atoms in total. The topological polar surface area (TPSA) is 119 Å². The lowest BCUT2D eigenvalue weighted by molar-refractivity contribution is -0.117. The summed E-state index contributed by atoms with van der Waals surface area (Å²) >= 11 is 0. The van der Waals surface area contributed by atoms with E-state index in [1.807, 2.05) is 19.1 Å². The van der Waals surface area contributed by atoms with Crippen LogP contribution in [0.2, 0.25) is 0 Å². The van der Waals surface area contributed by atoms with Crippen molar-refractivity contribution >= 4 is 29.2 Å². The van der Waals surface area contributed by atoms with Gasteiger partial charge in [-0.25, -0.2) is 9.48 Å². The Labute approximate surface area is 184 Å². The molecule has 0 aliphatic carbocycles. The molecule has 0 saturated carbocycles. The van der Waals surface area contributed by atoms with Crippen molar-refractivity contribution in [1.82, 2.24) is 9.78 Å². The number of benzene rings is 2. The molecule has 3 rings (SSSR count). The predicted octanol–water partition coefficient (Wildman–Crippen LogP) is 2.62. The van der Waals surface area contributed by atoms with Crippen LogP contribution in [0.1, 0.15) is 33.3 Å². The molecule has 2 aromatic carbocycles. The molecule has 0 saturated heterocycles.